The molecule has 5 heteroatoms. The van der Waals surface area contributed by atoms with E-state index >= 15 is 0 Å². The molecule has 0 radical (unpaired) electrons. The Bertz CT molecular complexity index is 843. The monoisotopic (exact) mass is 280 g/mol. The average Bonchev–Trinajstić information content (AvgIpc) is 2.52. The zero-order valence-electron chi connectivity index (χ0n) is 10.3. The molecule has 0 bridgehead atoms. The van der Waals surface area contributed by atoms with Gasteiger partial charge in [-0.15, -0.1) is 10.2 Å². The van der Waals surface area contributed by atoms with E-state index in [9.17, 15) is 0 Å². The van der Waals surface area contributed by atoms with Gasteiger partial charge in [-0.05, 0) is 0 Å². The number of nitrogens with zero attached hydrogens (tertiary/aromatic N) is 3. The van der Waals surface area contributed by atoms with Crippen molar-refractivity contribution in [2.45, 2.75) is 0 Å². The highest BCUT2D eigenvalue weighted by Gasteiger charge is 2.20. The molecule has 0 atom stereocenters. The highest BCUT2D eigenvalue weighted by molar-refractivity contribution is 6.36. The summed E-state index contributed by atoms with van der Waals surface area (Å²) in [5, 5.41) is 14.7. The van der Waals surface area contributed by atoms with Crippen molar-refractivity contribution in [2.24, 2.45) is 5.10 Å². The fourth-order valence-electron chi connectivity index (χ4n) is 2.44. The number of halogens is 1. The highest BCUT2D eigenvalue weighted by atomic mass is 35.5. The summed E-state index contributed by atoms with van der Waals surface area (Å²) >= 11 is 6.13. The molecule has 0 amide bonds. The first-order chi connectivity index (χ1) is 9.84. The minimum absolute atomic E-state index is 0.404. The number of nitrogens with one attached hydrogen (secondary N) is 1. The third-order valence-electron chi connectivity index (χ3n) is 3.34. The third kappa shape index (κ3) is 1.58. The van der Waals surface area contributed by atoms with Crippen LogP contribution >= 0.6 is 11.6 Å². The van der Waals surface area contributed by atoms with Gasteiger partial charge in [0.1, 0.15) is 0 Å². The van der Waals surface area contributed by atoms with Crippen molar-refractivity contribution in [1.29, 1.82) is 0 Å². The smallest absolute Gasteiger partial charge is 0.177 e. The van der Waals surface area contributed by atoms with Crippen LogP contribution in [0, 0.1) is 0 Å². The molecule has 0 unspecified atom stereocenters. The first-order valence-corrected chi connectivity index (χ1v) is 6.57. The van der Waals surface area contributed by atoms with Crippen LogP contribution in [0.4, 0.5) is 5.82 Å². The molecule has 3 aromatic rings. The van der Waals surface area contributed by atoms with E-state index in [2.05, 4.69) is 20.7 Å². The van der Waals surface area contributed by atoms with Gasteiger partial charge in [-0.25, -0.2) is 0 Å². The van der Waals surface area contributed by atoms with E-state index in [1.807, 2.05) is 48.5 Å². The lowest BCUT2D eigenvalue weighted by atomic mass is 9.97. The molecule has 2 aromatic carbocycles. The summed E-state index contributed by atoms with van der Waals surface area (Å²) in [4.78, 5) is 0. The van der Waals surface area contributed by atoms with Crippen molar-refractivity contribution in [3.8, 4) is 0 Å². The van der Waals surface area contributed by atoms with Crippen molar-refractivity contribution >= 4 is 33.9 Å². The summed E-state index contributed by atoms with van der Waals surface area (Å²) in [6.45, 7) is 0. The van der Waals surface area contributed by atoms with E-state index in [-0.39, 0.29) is 0 Å². The molecular formula is C15H9ClN4. The minimum atomic E-state index is 0.404. The molecular weight excluding hydrogens is 272 g/mol. The molecule has 4 rings (SSSR count). The van der Waals surface area contributed by atoms with Crippen molar-refractivity contribution in [3.63, 3.8) is 0 Å². The van der Waals surface area contributed by atoms with Crippen LogP contribution in [0.3, 0.4) is 0 Å². The SMILES string of the molecule is Clc1nnc2c3c(cccc13)C(c1ccccc1)=NN2. The molecule has 2 heterocycles. The second-order valence-corrected chi connectivity index (χ2v) is 4.86. The van der Waals surface area contributed by atoms with Crippen molar-refractivity contribution in [2.75, 3.05) is 5.43 Å². The van der Waals surface area contributed by atoms with Crippen LogP contribution in [0.1, 0.15) is 11.1 Å². The lowest BCUT2D eigenvalue weighted by molar-refractivity contribution is 1.03. The summed E-state index contributed by atoms with van der Waals surface area (Å²) < 4.78 is 0. The number of aromatic nitrogens is 2. The molecule has 0 saturated heterocycles. The molecule has 0 fully saturated rings. The van der Waals surface area contributed by atoms with Crippen molar-refractivity contribution < 1.29 is 0 Å². The van der Waals surface area contributed by atoms with E-state index in [1.165, 1.54) is 0 Å². The molecule has 0 saturated carbocycles. The maximum Gasteiger partial charge on any atom is 0.177 e. The van der Waals surface area contributed by atoms with Gasteiger partial charge in [0.25, 0.3) is 0 Å². The van der Waals surface area contributed by atoms with Crippen LogP contribution in [0.15, 0.2) is 53.6 Å². The van der Waals surface area contributed by atoms with Crippen LogP contribution in [0.2, 0.25) is 5.15 Å². The maximum absolute atomic E-state index is 6.13. The van der Waals surface area contributed by atoms with E-state index in [1.54, 1.807) is 0 Å². The number of hydrogen-bond acceptors (Lipinski definition) is 4. The zero-order valence-corrected chi connectivity index (χ0v) is 11.1. The Morgan fingerprint density at radius 2 is 1.75 bits per heavy atom. The van der Waals surface area contributed by atoms with Crippen LogP contribution < -0.4 is 5.43 Å². The van der Waals surface area contributed by atoms with Gasteiger partial charge in [-0.3, -0.25) is 5.43 Å². The van der Waals surface area contributed by atoms with E-state index in [4.69, 9.17) is 11.6 Å². The molecule has 1 N–H and O–H groups in total. The highest BCUT2D eigenvalue weighted by Crippen LogP contribution is 2.33. The number of rotatable bonds is 1. The average molecular weight is 281 g/mol. The maximum atomic E-state index is 6.13. The van der Waals surface area contributed by atoms with E-state index in [0.29, 0.717) is 11.0 Å². The van der Waals surface area contributed by atoms with Crippen molar-refractivity contribution in [1.82, 2.24) is 10.2 Å². The Labute approximate surface area is 120 Å². The number of hydrogen-bond donors (Lipinski definition) is 1. The minimum Gasteiger partial charge on any atom is -0.259 e. The fraction of sp³-hybridized carbons (Fsp3) is 0. The van der Waals surface area contributed by atoms with Crippen LogP contribution in [0.25, 0.3) is 10.8 Å². The van der Waals surface area contributed by atoms with Crippen molar-refractivity contribution in [3.05, 3.63) is 64.8 Å². The first kappa shape index (κ1) is 11.4. The third-order valence-corrected chi connectivity index (χ3v) is 3.62. The molecule has 0 aliphatic carbocycles. The lowest BCUT2D eigenvalue weighted by Gasteiger charge is -2.17. The molecule has 1 aromatic heterocycles. The second kappa shape index (κ2) is 4.28. The van der Waals surface area contributed by atoms with Gasteiger partial charge in [0, 0.05) is 21.9 Å². The summed E-state index contributed by atoms with van der Waals surface area (Å²) in [6, 6.07) is 15.9. The summed E-state index contributed by atoms with van der Waals surface area (Å²) in [6.07, 6.45) is 0. The largest absolute Gasteiger partial charge is 0.259 e. The molecule has 1 aliphatic rings. The Morgan fingerprint density at radius 3 is 2.60 bits per heavy atom. The fourth-order valence-corrected chi connectivity index (χ4v) is 2.63. The Hall–Kier alpha value is -2.46. The summed E-state index contributed by atoms with van der Waals surface area (Å²) in [5.41, 5.74) is 5.90. The van der Waals surface area contributed by atoms with E-state index < -0.39 is 0 Å². The predicted molar refractivity (Wildman–Crippen MR) is 80.3 cm³/mol. The van der Waals surface area contributed by atoms with Crippen LogP contribution in [0.5, 0.6) is 0 Å². The summed E-state index contributed by atoms with van der Waals surface area (Å²) in [7, 11) is 0. The van der Waals surface area contributed by atoms with Gasteiger partial charge in [0.15, 0.2) is 11.0 Å². The van der Waals surface area contributed by atoms with E-state index in [0.717, 1.165) is 27.6 Å². The Kier molecular flexibility index (Phi) is 2.44. The van der Waals surface area contributed by atoms with Gasteiger partial charge >= 0.3 is 0 Å². The number of hydrazone groups is 1. The summed E-state index contributed by atoms with van der Waals surface area (Å²) in [5.74, 6) is 0.639. The predicted octanol–water partition coefficient (Wildman–Crippen LogP) is 3.46. The van der Waals surface area contributed by atoms with Gasteiger partial charge < -0.3 is 0 Å². The van der Waals surface area contributed by atoms with Crippen LogP contribution in [-0.4, -0.2) is 15.9 Å². The Morgan fingerprint density at radius 1 is 0.900 bits per heavy atom. The standard InChI is InChI=1S/C15H9ClN4/c16-14-11-8-4-7-10-12(11)15(20-18-14)19-17-13(10)9-5-2-1-3-6-9/h1-8H,(H,19,20). The normalized spacial score (nSPS) is 12.9. The van der Waals surface area contributed by atoms with Gasteiger partial charge in [0.05, 0.1) is 5.71 Å². The molecule has 96 valence electrons. The number of anilines is 1. The van der Waals surface area contributed by atoms with Crippen LogP contribution in [-0.2, 0) is 0 Å². The molecule has 1 aliphatic heterocycles. The number of benzene rings is 2. The van der Waals surface area contributed by atoms with Gasteiger partial charge in [0.2, 0.25) is 0 Å². The molecule has 0 spiro atoms. The Balaban J connectivity index is 2.04. The first-order valence-electron chi connectivity index (χ1n) is 6.19. The molecule has 20 heavy (non-hydrogen) atoms. The quantitative estimate of drug-likeness (QED) is 0.743. The second-order valence-electron chi connectivity index (χ2n) is 4.51. The van der Waals surface area contributed by atoms with Gasteiger partial charge in [-0.1, -0.05) is 60.1 Å². The lowest BCUT2D eigenvalue weighted by Crippen LogP contribution is -2.13. The van der Waals surface area contributed by atoms with Gasteiger partial charge in [-0.2, -0.15) is 5.10 Å². The molecule has 4 nitrogen and oxygen atoms in total. The topological polar surface area (TPSA) is 50.2 Å². The zero-order chi connectivity index (χ0) is 13.5.